The third-order valence-corrected chi connectivity index (χ3v) is 3.51. The minimum atomic E-state index is -1.81. The molecule has 24 heavy (non-hydrogen) atoms. The van der Waals surface area contributed by atoms with Crippen LogP contribution in [-0.2, 0) is 9.47 Å². The van der Waals surface area contributed by atoms with Gasteiger partial charge in [-0.25, -0.2) is 9.59 Å². The smallest absolute Gasteiger partial charge is 0.416 e. The molecule has 2 heterocycles. The normalized spacial score (nSPS) is 29.3. The fourth-order valence-corrected chi connectivity index (χ4v) is 2.34. The summed E-state index contributed by atoms with van der Waals surface area (Å²) in [7, 11) is 0. The largest absolute Gasteiger partial charge is 0.417 e. The van der Waals surface area contributed by atoms with E-state index in [4.69, 9.17) is 9.84 Å². The first-order valence-corrected chi connectivity index (χ1v) is 7.07. The van der Waals surface area contributed by atoms with E-state index in [1.807, 2.05) is 0 Å². The molecule has 0 aromatic carbocycles. The van der Waals surface area contributed by atoms with Crippen LogP contribution < -0.4 is 11.0 Å². The first-order valence-electron chi connectivity index (χ1n) is 7.07. The molecule has 10 heteroatoms. The van der Waals surface area contributed by atoms with Crippen molar-refractivity contribution in [1.82, 2.24) is 9.55 Å². The Morgan fingerprint density at radius 3 is 2.79 bits per heavy atom. The number of amides is 1. The number of nitrogens with one attached hydrogen (secondary N) is 1. The van der Waals surface area contributed by atoms with Crippen LogP contribution >= 0.6 is 0 Å². The molecule has 0 bridgehead atoms. The summed E-state index contributed by atoms with van der Waals surface area (Å²) in [5, 5.41) is 31.7. The Bertz CT molecular complexity index is 700. The highest BCUT2D eigenvalue weighted by atomic mass is 16.6. The van der Waals surface area contributed by atoms with Gasteiger partial charge in [0.1, 0.15) is 23.6 Å². The topological polar surface area (TPSA) is 143 Å². The number of nitrogens with zero attached hydrogens (tertiary/aromatic N) is 2. The lowest BCUT2D eigenvalue weighted by atomic mass is 9.96. The summed E-state index contributed by atoms with van der Waals surface area (Å²) in [5.74, 6) is 0.0969. The lowest BCUT2D eigenvalue weighted by Crippen LogP contribution is -2.46. The lowest BCUT2D eigenvalue weighted by Gasteiger charge is -2.27. The minimum Gasteiger partial charge on any atom is -0.416 e. The van der Waals surface area contributed by atoms with Gasteiger partial charge in [0.05, 0.1) is 12.4 Å². The molecular weight excluding hydrogens is 322 g/mol. The highest BCUT2D eigenvalue weighted by molar-refractivity contribution is 5.83. The first kappa shape index (κ1) is 18.1. The molecule has 0 spiro atoms. The van der Waals surface area contributed by atoms with E-state index in [0.29, 0.717) is 0 Å². The van der Waals surface area contributed by atoms with Gasteiger partial charge < -0.3 is 24.8 Å². The van der Waals surface area contributed by atoms with Crippen molar-refractivity contribution in [2.45, 2.75) is 37.9 Å². The Balaban J connectivity index is 2.23. The maximum atomic E-state index is 12.1. The van der Waals surface area contributed by atoms with Crippen molar-refractivity contribution in [3.05, 3.63) is 35.1 Å². The van der Waals surface area contributed by atoms with Gasteiger partial charge >= 0.3 is 11.8 Å². The molecule has 1 aliphatic heterocycles. The van der Waals surface area contributed by atoms with E-state index in [1.54, 1.807) is 0 Å². The van der Waals surface area contributed by atoms with Crippen LogP contribution in [0.3, 0.4) is 0 Å². The maximum Gasteiger partial charge on any atom is 0.417 e. The fourth-order valence-electron chi connectivity index (χ4n) is 2.34. The Kier molecular flexibility index (Phi) is 5.04. The number of hydrogen-bond donors (Lipinski definition) is 4. The van der Waals surface area contributed by atoms with Gasteiger partial charge in [-0.3, -0.25) is 9.88 Å². The second-order valence-electron chi connectivity index (χ2n) is 5.60. The van der Waals surface area contributed by atoms with Crippen LogP contribution in [0.25, 0.3) is 0 Å². The third kappa shape index (κ3) is 3.46. The van der Waals surface area contributed by atoms with Crippen LogP contribution in [0, 0.1) is 0 Å². The molecule has 2 rings (SSSR count). The van der Waals surface area contributed by atoms with Gasteiger partial charge in [0, 0.05) is 6.20 Å². The molecule has 1 aliphatic rings. The molecule has 1 aromatic rings. The number of hydrogen-bond acceptors (Lipinski definition) is 8. The van der Waals surface area contributed by atoms with Gasteiger partial charge in [0.2, 0.25) is 0 Å². The standard InChI is InChI=1S/C14H19N3O7/c1-7(2)23-13(21)16-9-4-5-17(12(20)15-9)11-14(3,22)10(19)8(6-18)24-11/h4-5,8,10-11,18-19,22H,1,6H2,2-3H3,(H,15,16,20,21)/t8-,10-,11-,14-/m1/s1. The highest BCUT2D eigenvalue weighted by Crippen LogP contribution is 2.37. The second kappa shape index (κ2) is 6.69. The van der Waals surface area contributed by atoms with E-state index >= 15 is 0 Å². The van der Waals surface area contributed by atoms with Crippen molar-refractivity contribution in [3.8, 4) is 0 Å². The number of allylic oxidation sites excluding steroid dienone is 1. The zero-order valence-corrected chi connectivity index (χ0v) is 13.2. The van der Waals surface area contributed by atoms with Crippen LogP contribution in [0.15, 0.2) is 29.4 Å². The zero-order chi connectivity index (χ0) is 18.1. The summed E-state index contributed by atoms with van der Waals surface area (Å²) in [4.78, 5) is 27.2. The predicted molar refractivity (Wildman–Crippen MR) is 81.0 cm³/mol. The highest BCUT2D eigenvalue weighted by Gasteiger charge is 2.53. The number of anilines is 1. The molecule has 0 saturated carbocycles. The molecule has 0 unspecified atom stereocenters. The molecule has 1 saturated heterocycles. The van der Waals surface area contributed by atoms with E-state index in [-0.39, 0.29) is 11.6 Å². The van der Waals surface area contributed by atoms with E-state index in [0.717, 1.165) is 4.57 Å². The van der Waals surface area contributed by atoms with Crippen molar-refractivity contribution >= 4 is 11.9 Å². The summed E-state index contributed by atoms with van der Waals surface area (Å²) < 4.78 is 11.0. The van der Waals surface area contributed by atoms with Gasteiger partial charge in [-0.05, 0) is 19.9 Å². The summed E-state index contributed by atoms with van der Waals surface area (Å²) >= 11 is 0. The molecular formula is C14H19N3O7. The molecule has 4 atom stereocenters. The van der Waals surface area contributed by atoms with E-state index in [9.17, 15) is 19.8 Å². The number of aromatic nitrogens is 2. The number of ether oxygens (including phenoxy) is 2. The lowest BCUT2D eigenvalue weighted by molar-refractivity contribution is -0.0986. The zero-order valence-electron chi connectivity index (χ0n) is 13.2. The second-order valence-corrected chi connectivity index (χ2v) is 5.60. The SMILES string of the molecule is C=C(C)OC(=O)Nc1ccn([C@@H]2O[C@H](CO)[C@@H](O)[C@@]2(C)O)c(=O)n1. The number of rotatable bonds is 4. The Morgan fingerprint density at radius 2 is 2.29 bits per heavy atom. The van der Waals surface area contributed by atoms with Crippen LogP contribution in [0.2, 0.25) is 0 Å². The minimum absolute atomic E-state index is 0.0700. The predicted octanol–water partition coefficient (Wildman–Crippen LogP) is -0.673. The maximum absolute atomic E-state index is 12.1. The first-order chi connectivity index (χ1) is 11.2. The van der Waals surface area contributed by atoms with Crippen molar-refractivity contribution in [3.63, 3.8) is 0 Å². The molecule has 1 aromatic heterocycles. The quantitative estimate of drug-likeness (QED) is 0.528. The molecule has 4 N–H and O–H groups in total. The van der Waals surface area contributed by atoms with Gasteiger partial charge in [-0.15, -0.1) is 0 Å². The summed E-state index contributed by atoms with van der Waals surface area (Å²) in [6, 6.07) is 1.29. The summed E-state index contributed by atoms with van der Waals surface area (Å²) in [6.45, 7) is 5.63. The molecule has 0 radical (unpaired) electrons. The van der Waals surface area contributed by atoms with E-state index in [1.165, 1.54) is 26.1 Å². The molecule has 0 aliphatic carbocycles. The van der Waals surface area contributed by atoms with E-state index in [2.05, 4.69) is 21.6 Å². The number of carbonyl (C=O) groups excluding carboxylic acids is 1. The van der Waals surface area contributed by atoms with Crippen molar-refractivity contribution in [2.24, 2.45) is 0 Å². The average molecular weight is 341 g/mol. The number of aliphatic hydroxyl groups is 3. The molecule has 1 amide bonds. The van der Waals surface area contributed by atoms with Crippen LogP contribution in [-0.4, -0.2) is 55.4 Å². The van der Waals surface area contributed by atoms with Gasteiger partial charge in [-0.1, -0.05) is 6.58 Å². The van der Waals surface area contributed by atoms with Crippen molar-refractivity contribution < 1.29 is 29.6 Å². The van der Waals surface area contributed by atoms with Gasteiger partial charge in [-0.2, -0.15) is 4.98 Å². The summed E-state index contributed by atoms with van der Waals surface area (Å²) in [6.07, 6.45) is -3.30. The van der Waals surface area contributed by atoms with Gasteiger partial charge in [0.15, 0.2) is 6.23 Å². The van der Waals surface area contributed by atoms with Gasteiger partial charge in [0.25, 0.3) is 0 Å². The summed E-state index contributed by atoms with van der Waals surface area (Å²) in [5.41, 5.74) is -2.65. The van der Waals surface area contributed by atoms with Crippen LogP contribution in [0.1, 0.15) is 20.1 Å². The molecule has 10 nitrogen and oxygen atoms in total. The number of aliphatic hydroxyl groups excluding tert-OH is 2. The third-order valence-electron chi connectivity index (χ3n) is 3.51. The van der Waals surface area contributed by atoms with Crippen molar-refractivity contribution in [2.75, 3.05) is 11.9 Å². The fraction of sp³-hybridized carbons (Fsp3) is 0.500. The Labute approximate surface area is 137 Å². The number of carbonyl (C=O) groups is 1. The molecule has 1 fully saturated rings. The monoisotopic (exact) mass is 341 g/mol. The van der Waals surface area contributed by atoms with Crippen molar-refractivity contribution in [1.29, 1.82) is 0 Å². The average Bonchev–Trinajstić information content (AvgIpc) is 2.69. The van der Waals surface area contributed by atoms with Crippen LogP contribution in [0.5, 0.6) is 0 Å². The Hall–Kier alpha value is -2.27. The van der Waals surface area contributed by atoms with E-state index < -0.39 is 42.4 Å². The van der Waals surface area contributed by atoms with Crippen LogP contribution in [0.4, 0.5) is 10.6 Å². The Morgan fingerprint density at radius 1 is 1.62 bits per heavy atom. The molecule has 132 valence electrons.